The van der Waals surface area contributed by atoms with Gasteiger partial charge in [-0.2, -0.15) is 0 Å². The van der Waals surface area contributed by atoms with E-state index in [1.807, 2.05) is 0 Å². The second kappa shape index (κ2) is 5.91. The Morgan fingerprint density at radius 1 is 1.14 bits per heavy atom. The predicted octanol–water partition coefficient (Wildman–Crippen LogP) is 3.09. The van der Waals surface area contributed by atoms with Crippen LogP contribution in [0.3, 0.4) is 0 Å². The Hall–Kier alpha value is -3.09. The van der Waals surface area contributed by atoms with Crippen LogP contribution in [0.5, 0.6) is 17.2 Å². The van der Waals surface area contributed by atoms with Crippen LogP contribution in [0.25, 0.3) is 0 Å². The first kappa shape index (κ1) is 14.3. The van der Waals surface area contributed by atoms with Crippen LogP contribution >= 0.6 is 0 Å². The first-order valence-electron chi connectivity index (χ1n) is 5.84. The number of non-ortho nitro benzene ring substituents is 1. The van der Waals surface area contributed by atoms with E-state index in [0.717, 1.165) is 0 Å². The van der Waals surface area contributed by atoms with Gasteiger partial charge < -0.3 is 14.6 Å². The van der Waals surface area contributed by atoms with Crippen LogP contribution < -0.4 is 9.47 Å². The molecule has 7 heteroatoms. The number of ether oxygens (including phenoxy) is 2. The number of hydrogen-bond acceptors (Lipinski definition) is 5. The molecule has 0 aliphatic carbocycles. The number of nitro benzene ring substituents is 1. The van der Waals surface area contributed by atoms with E-state index >= 15 is 0 Å². The molecule has 108 valence electrons. The van der Waals surface area contributed by atoms with Crippen molar-refractivity contribution in [2.45, 2.75) is 0 Å². The van der Waals surface area contributed by atoms with E-state index < -0.39 is 10.9 Å². The Labute approximate surface area is 119 Å². The lowest BCUT2D eigenvalue weighted by atomic mass is 10.2. The largest absolute Gasteiger partial charge is 0.496 e. The third-order valence-electron chi connectivity index (χ3n) is 2.63. The number of nitrogens with zero attached hydrogens (tertiary/aromatic N) is 1. The van der Waals surface area contributed by atoms with Gasteiger partial charge in [-0.15, -0.1) is 0 Å². The van der Waals surface area contributed by atoms with E-state index in [1.165, 1.54) is 43.5 Å². The number of rotatable bonds is 5. The maximum Gasteiger partial charge on any atom is 0.335 e. The average Bonchev–Trinajstić information content (AvgIpc) is 2.47. The summed E-state index contributed by atoms with van der Waals surface area (Å²) in [5.41, 5.74) is -0.122. The van der Waals surface area contributed by atoms with Gasteiger partial charge in [0.15, 0.2) is 0 Å². The molecule has 2 rings (SSSR count). The maximum atomic E-state index is 10.9. The molecule has 0 aliphatic rings. The first-order valence-corrected chi connectivity index (χ1v) is 5.84. The van der Waals surface area contributed by atoms with Crippen molar-refractivity contribution >= 4 is 11.7 Å². The van der Waals surface area contributed by atoms with Crippen molar-refractivity contribution < 1.29 is 24.3 Å². The zero-order valence-electron chi connectivity index (χ0n) is 11.0. The molecular formula is C14H11NO6. The minimum Gasteiger partial charge on any atom is -0.496 e. The monoisotopic (exact) mass is 289 g/mol. The zero-order valence-corrected chi connectivity index (χ0v) is 11.0. The molecule has 0 heterocycles. The zero-order chi connectivity index (χ0) is 15.4. The SMILES string of the molecule is COc1cc(Oc2cccc(C(=O)O)c2)cc([N+](=O)[O-])c1. The Morgan fingerprint density at radius 2 is 1.86 bits per heavy atom. The topological polar surface area (TPSA) is 98.9 Å². The quantitative estimate of drug-likeness (QED) is 0.670. The molecular weight excluding hydrogens is 278 g/mol. The summed E-state index contributed by atoms with van der Waals surface area (Å²) in [6.07, 6.45) is 0. The first-order chi connectivity index (χ1) is 9.99. The van der Waals surface area contributed by atoms with E-state index in [9.17, 15) is 14.9 Å². The molecule has 0 bridgehead atoms. The summed E-state index contributed by atoms with van der Waals surface area (Å²) < 4.78 is 10.4. The molecule has 0 unspecified atom stereocenters. The number of carboxylic acids is 1. The highest BCUT2D eigenvalue weighted by atomic mass is 16.6. The van der Waals surface area contributed by atoms with Crippen LogP contribution in [0.15, 0.2) is 42.5 Å². The Morgan fingerprint density at radius 3 is 2.48 bits per heavy atom. The highest BCUT2D eigenvalue weighted by Gasteiger charge is 2.12. The highest BCUT2D eigenvalue weighted by molar-refractivity contribution is 5.88. The molecule has 1 N–H and O–H groups in total. The predicted molar refractivity (Wildman–Crippen MR) is 73.1 cm³/mol. The van der Waals surface area contributed by atoms with Gasteiger partial charge in [0.2, 0.25) is 0 Å². The van der Waals surface area contributed by atoms with E-state index in [-0.39, 0.29) is 28.5 Å². The van der Waals surface area contributed by atoms with Crippen LogP contribution in [0.1, 0.15) is 10.4 Å². The van der Waals surface area contributed by atoms with E-state index in [1.54, 1.807) is 6.07 Å². The van der Waals surface area contributed by atoms with Crippen LogP contribution in [0.2, 0.25) is 0 Å². The molecule has 0 atom stereocenters. The standard InChI is InChI=1S/C14H11NO6/c1-20-12-6-10(15(18)19)7-13(8-12)21-11-4-2-3-9(5-11)14(16)17/h2-8H,1H3,(H,16,17). The summed E-state index contributed by atoms with van der Waals surface area (Å²) in [4.78, 5) is 21.2. The summed E-state index contributed by atoms with van der Waals surface area (Å²) >= 11 is 0. The molecule has 0 amide bonds. The van der Waals surface area contributed by atoms with Crippen molar-refractivity contribution in [3.63, 3.8) is 0 Å². The van der Waals surface area contributed by atoms with Crippen molar-refractivity contribution in [2.75, 3.05) is 7.11 Å². The number of benzene rings is 2. The van der Waals surface area contributed by atoms with Crippen molar-refractivity contribution in [2.24, 2.45) is 0 Å². The summed E-state index contributed by atoms with van der Waals surface area (Å²) in [6.45, 7) is 0. The Bertz CT molecular complexity index is 698. The van der Waals surface area contributed by atoms with Gasteiger partial charge in [-0.3, -0.25) is 10.1 Å². The van der Waals surface area contributed by atoms with Gasteiger partial charge in [0, 0.05) is 6.07 Å². The van der Waals surface area contributed by atoms with Gasteiger partial charge in [0.05, 0.1) is 29.7 Å². The van der Waals surface area contributed by atoms with Crippen molar-refractivity contribution in [1.29, 1.82) is 0 Å². The third kappa shape index (κ3) is 3.47. The van der Waals surface area contributed by atoms with Crippen LogP contribution in [-0.4, -0.2) is 23.1 Å². The molecule has 0 aromatic heterocycles. The normalized spacial score (nSPS) is 9.95. The molecule has 0 radical (unpaired) electrons. The van der Waals surface area contributed by atoms with Crippen LogP contribution in [-0.2, 0) is 0 Å². The molecule has 21 heavy (non-hydrogen) atoms. The molecule has 0 spiro atoms. The van der Waals surface area contributed by atoms with Gasteiger partial charge in [0.1, 0.15) is 17.2 Å². The van der Waals surface area contributed by atoms with Gasteiger partial charge in [-0.25, -0.2) is 4.79 Å². The fourth-order valence-corrected chi connectivity index (χ4v) is 1.67. The fourth-order valence-electron chi connectivity index (χ4n) is 1.67. The number of aromatic carboxylic acids is 1. The third-order valence-corrected chi connectivity index (χ3v) is 2.63. The number of nitro groups is 1. The van der Waals surface area contributed by atoms with Gasteiger partial charge in [0.25, 0.3) is 5.69 Å². The fraction of sp³-hybridized carbons (Fsp3) is 0.0714. The van der Waals surface area contributed by atoms with Crippen molar-refractivity contribution in [3.8, 4) is 17.2 Å². The number of carbonyl (C=O) groups is 1. The van der Waals surface area contributed by atoms with Gasteiger partial charge >= 0.3 is 5.97 Å². The Kier molecular flexibility index (Phi) is 4.03. The molecule has 0 fully saturated rings. The second-order valence-electron chi connectivity index (χ2n) is 4.06. The molecule has 2 aromatic carbocycles. The lowest BCUT2D eigenvalue weighted by Gasteiger charge is -2.08. The van der Waals surface area contributed by atoms with Gasteiger partial charge in [-0.1, -0.05) is 6.07 Å². The molecule has 7 nitrogen and oxygen atoms in total. The lowest BCUT2D eigenvalue weighted by molar-refractivity contribution is -0.385. The van der Waals surface area contributed by atoms with Crippen LogP contribution in [0, 0.1) is 10.1 Å². The van der Waals surface area contributed by atoms with E-state index in [2.05, 4.69) is 0 Å². The van der Waals surface area contributed by atoms with Crippen molar-refractivity contribution in [3.05, 3.63) is 58.1 Å². The van der Waals surface area contributed by atoms with Crippen molar-refractivity contribution in [1.82, 2.24) is 0 Å². The summed E-state index contributed by atoms with van der Waals surface area (Å²) in [6, 6.07) is 9.79. The van der Waals surface area contributed by atoms with E-state index in [0.29, 0.717) is 0 Å². The summed E-state index contributed by atoms with van der Waals surface area (Å²) in [5.74, 6) is -0.369. The molecule has 0 saturated carbocycles. The number of carboxylic acid groups (broad SMARTS) is 1. The maximum absolute atomic E-state index is 10.9. The minimum atomic E-state index is -1.09. The average molecular weight is 289 g/mol. The Balaban J connectivity index is 2.34. The minimum absolute atomic E-state index is 0.0601. The summed E-state index contributed by atoms with van der Waals surface area (Å²) in [7, 11) is 1.38. The molecule has 0 saturated heterocycles. The van der Waals surface area contributed by atoms with Crippen LogP contribution in [0.4, 0.5) is 5.69 Å². The summed E-state index contributed by atoms with van der Waals surface area (Å²) in [5, 5.41) is 19.7. The molecule has 0 aliphatic heterocycles. The van der Waals surface area contributed by atoms with E-state index in [4.69, 9.17) is 14.6 Å². The number of hydrogen-bond donors (Lipinski definition) is 1. The number of methoxy groups -OCH3 is 1. The lowest BCUT2D eigenvalue weighted by Crippen LogP contribution is -1.96. The van der Waals surface area contributed by atoms with Gasteiger partial charge in [-0.05, 0) is 18.2 Å². The smallest absolute Gasteiger partial charge is 0.335 e. The second-order valence-corrected chi connectivity index (χ2v) is 4.06. The molecule has 2 aromatic rings. The highest BCUT2D eigenvalue weighted by Crippen LogP contribution is 2.30.